The number of aliphatic hydroxyl groups excluding tert-OH is 1. The summed E-state index contributed by atoms with van der Waals surface area (Å²) in [6, 6.07) is 0.605. The van der Waals surface area contributed by atoms with Crippen molar-refractivity contribution in [2.24, 2.45) is 0 Å². The van der Waals surface area contributed by atoms with Gasteiger partial charge in [0.2, 0.25) is 0 Å². The lowest BCUT2D eigenvalue weighted by Crippen LogP contribution is -2.40. The van der Waals surface area contributed by atoms with Crippen molar-refractivity contribution in [2.45, 2.75) is 64.1 Å². The van der Waals surface area contributed by atoms with Crippen molar-refractivity contribution in [1.29, 1.82) is 0 Å². The van der Waals surface area contributed by atoms with Crippen LogP contribution >= 0.6 is 0 Å². The molecule has 0 bridgehead atoms. The third-order valence-electron chi connectivity index (χ3n) is 4.46. The van der Waals surface area contributed by atoms with E-state index >= 15 is 0 Å². The first-order valence-corrected chi connectivity index (χ1v) is 7.61. The zero-order valence-electron chi connectivity index (χ0n) is 11.8. The van der Waals surface area contributed by atoms with Crippen LogP contribution < -0.4 is 0 Å². The summed E-state index contributed by atoms with van der Waals surface area (Å²) in [5.74, 6) is 1.93. The Hall–Kier alpha value is -0.940. The van der Waals surface area contributed by atoms with E-state index in [9.17, 15) is 5.11 Å². The Labute approximate surface area is 114 Å². The second kappa shape index (κ2) is 5.59. The first kappa shape index (κ1) is 13.1. The van der Waals surface area contributed by atoms with Gasteiger partial charge in [0.15, 0.2) is 5.82 Å². The second-order valence-electron chi connectivity index (χ2n) is 5.80. The van der Waals surface area contributed by atoms with Gasteiger partial charge in [0.05, 0.1) is 6.10 Å². The van der Waals surface area contributed by atoms with Crippen molar-refractivity contribution in [3.63, 3.8) is 0 Å². The van der Waals surface area contributed by atoms with E-state index in [-0.39, 0.29) is 6.10 Å². The maximum Gasteiger partial charge on any atom is 0.152 e. The van der Waals surface area contributed by atoms with Gasteiger partial charge in [-0.15, -0.1) is 0 Å². The largest absolute Gasteiger partial charge is 0.393 e. The quantitative estimate of drug-likeness (QED) is 0.885. The maximum absolute atomic E-state index is 9.68. The number of rotatable bonds is 3. The van der Waals surface area contributed by atoms with Gasteiger partial charge in [-0.3, -0.25) is 0 Å². The summed E-state index contributed by atoms with van der Waals surface area (Å²) < 4.78 is 1.99. The van der Waals surface area contributed by atoms with Crippen LogP contribution in [-0.2, 0) is 19.4 Å². The van der Waals surface area contributed by atoms with E-state index in [0.29, 0.717) is 12.5 Å². The lowest BCUT2D eigenvalue weighted by atomic mass is 9.99. The van der Waals surface area contributed by atoms with E-state index in [2.05, 4.69) is 21.9 Å². The van der Waals surface area contributed by atoms with Crippen LogP contribution in [0.1, 0.15) is 44.3 Å². The number of hydrogen-bond acceptors (Lipinski definition) is 4. The summed E-state index contributed by atoms with van der Waals surface area (Å²) in [5.41, 5.74) is 0. The molecule has 106 valence electrons. The normalized spacial score (nSPS) is 28.3. The molecular weight excluding hydrogens is 240 g/mol. The lowest BCUT2D eigenvalue weighted by Gasteiger charge is -2.34. The van der Waals surface area contributed by atoms with Gasteiger partial charge < -0.3 is 10.0 Å². The molecule has 0 spiro atoms. The Morgan fingerprint density at radius 1 is 1.26 bits per heavy atom. The standard InChI is InChI=1S/C14H24N4O/c1-2-17-7-4-3-5-11(17)9-13-15-14-10-12(19)6-8-18(14)16-13/h11-12,19H,2-10H2,1H3. The highest BCUT2D eigenvalue weighted by atomic mass is 16.3. The molecule has 3 heterocycles. The highest BCUT2D eigenvalue weighted by Crippen LogP contribution is 2.20. The zero-order chi connectivity index (χ0) is 13.2. The fraction of sp³-hybridized carbons (Fsp3) is 0.857. The monoisotopic (exact) mass is 264 g/mol. The fourth-order valence-corrected chi connectivity index (χ4v) is 3.34. The molecule has 2 unspecified atom stereocenters. The van der Waals surface area contributed by atoms with Gasteiger partial charge in [-0.05, 0) is 32.4 Å². The van der Waals surface area contributed by atoms with E-state index in [4.69, 9.17) is 0 Å². The molecule has 2 aliphatic rings. The molecule has 0 aliphatic carbocycles. The highest BCUT2D eigenvalue weighted by Gasteiger charge is 2.25. The van der Waals surface area contributed by atoms with Crippen molar-refractivity contribution in [1.82, 2.24) is 19.7 Å². The minimum Gasteiger partial charge on any atom is -0.393 e. The third kappa shape index (κ3) is 2.82. The Morgan fingerprint density at radius 3 is 3.00 bits per heavy atom. The molecule has 1 fully saturated rings. The summed E-state index contributed by atoms with van der Waals surface area (Å²) in [4.78, 5) is 7.18. The predicted octanol–water partition coefficient (Wildman–Crippen LogP) is 1.00. The van der Waals surface area contributed by atoms with Crippen LogP contribution in [0.3, 0.4) is 0 Å². The van der Waals surface area contributed by atoms with E-state index in [1.165, 1.54) is 25.8 Å². The minimum atomic E-state index is -0.230. The molecule has 2 atom stereocenters. The number of aliphatic hydroxyl groups is 1. The molecule has 0 amide bonds. The highest BCUT2D eigenvalue weighted by molar-refractivity contribution is 5.00. The fourth-order valence-electron chi connectivity index (χ4n) is 3.34. The van der Waals surface area contributed by atoms with E-state index in [0.717, 1.165) is 37.6 Å². The molecule has 0 saturated carbocycles. The zero-order valence-corrected chi connectivity index (χ0v) is 11.8. The van der Waals surface area contributed by atoms with Crippen molar-refractivity contribution in [2.75, 3.05) is 13.1 Å². The predicted molar refractivity (Wildman–Crippen MR) is 72.9 cm³/mol. The third-order valence-corrected chi connectivity index (χ3v) is 4.46. The minimum absolute atomic E-state index is 0.230. The Kier molecular flexibility index (Phi) is 3.84. The van der Waals surface area contributed by atoms with Crippen LogP contribution in [0.5, 0.6) is 0 Å². The van der Waals surface area contributed by atoms with Crippen LogP contribution in [0, 0.1) is 0 Å². The molecule has 5 nitrogen and oxygen atoms in total. The molecule has 1 saturated heterocycles. The molecule has 0 aromatic carbocycles. The smallest absolute Gasteiger partial charge is 0.152 e. The van der Waals surface area contributed by atoms with E-state index in [1.807, 2.05) is 4.68 Å². The van der Waals surface area contributed by atoms with Crippen LogP contribution in [0.4, 0.5) is 0 Å². The maximum atomic E-state index is 9.68. The van der Waals surface area contributed by atoms with Gasteiger partial charge in [0, 0.05) is 25.4 Å². The summed E-state index contributed by atoms with van der Waals surface area (Å²) in [5, 5.41) is 14.3. The number of likely N-dealkylation sites (N-methyl/N-ethyl adjacent to an activating group) is 1. The van der Waals surface area contributed by atoms with Crippen molar-refractivity contribution < 1.29 is 5.11 Å². The SMILES string of the molecule is CCN1CCCCC1Cc1nc2n(n1)CCC(O)C2. The number of aromatic nitrogens is 3. The van der Waals surface area contributed by atoms with Gasteiger partial charge in [-0.2, -0.15) is 5.10 Å². The number of fused-ring (bicyclic) bond motifs is 1. The molecule has 1 aromatic heterocycles. The second-order valence-corrected chi connectivity index (χ2v) is 5.80. The van der Waals surface area contributed by atoms with Crippen molar-refractivity contribution >= 4 is 0 Å². The van der Waals surface area contributed by atoms with E-state index < -0.39 is 0 Å². The van der Waals surface area contributed by atoms with Crippen molar-refractivity contribution in [3.05, 3.63) is 11.6 Å². The Balaban J connectivity index is 1.69. The number of hydrogen-bond donors (Lipinski definition) is 1. The molecule has 5 heteroatoms. The molecule has 3 rings (SSSR count). The summed E-state index contributed by atoms with van der Waals surface area (Å²) in [7, 11) is 0. The summed E-state index contributed by atoms with van der Waals surface area (Å²) in [6.07, 6.45) is 6.11. The Morgan fingerprint density at radius 2 is 2.16 bits per heavy atom. The number of likely N-dealkylation sites (tertiary alicyclic amines) is 1. The van der Waals surface area contributed by atoms with Gasteiger partial charge >= 0.3 is 0 Å². The van der Waals surface area contributed by atoms with Crippen LogP contribution in [0.25, 0.3) is 0 Å². The molecule has 19 heavy (non-hydrogen) atoms. The first-order chi connectivity index (χ1) is 9.26. The first-order valence-electron chi connectivity index (χ1n) is 7.61. The van der Waals surface area contributed by atoms with Crippen molar-refractivity contribution in [3.8, 4) is 0 Å². The van der Waals surface area contributed by atoms with Gasteiger partial charge in [0.25, 0.3) is 0 Å². The summed E-state index contributed by atoms with van der Waals surface area (Å²) in [6.45, 7) is 5.39. The van der Waals surface area contributed by atoms with Crippen LogP contribution in [0.2, 0.25) is 0 Å². The lowest BCUT2D eigenvalue weighted by molar-refractivity contribution is 0.138. The average molecular weight is 264 g/mol. The summed E-state index contributed by atoms with van der Waals surface area (Å²) >= 11 is 0. The molecule has 1 aromatic rings. The molecule has 1 N–H and O–H groups in total. The van der Waals surface area contributed by atoms with E-state index in [1.54, 1.807) is 0 Å². The molecular formula is C14H24N4O. The number of piperidine rings is 1. The molecule has 2 aliphatic heterocycles. The Bertz CT molecular complexity index is 431. The number of aryl methyl sites for hydroxylation is 1. The van der Waals surface area contributed by atoms with Crippen LogP contribution in [0.15, 0.2) is 0 Å². The van der Waals surface area contributed by atoms with Gasteiger partial charge in [-0.25, -0.2) is 9.67 Å². The van der Waals surface area contributed by atoms with Crippen LogP contribution in [-0.4, -0.2) is 50.0 Å². The average Bonchev–Trinajstić information content (AvgIpc) is 2.80. The number of nitrogens with zero attached hydrogens (tertiary/aromatic N) is 4. The van der Waals surface area contributed by atoms with Gasteiger partial charge in [-0.1, -0.05) is 13.3 Å². The molecule has 0 radical (unpaired) electrons. The topological polar surface area (TPSA) is 54.2 Å². The van der Waals surface area contributed by atoms with Gasteiger partial charge in [0.1, 0.15) is 5.82 Å².